The van der Waals surface area contributed by atoms with Crippen molar-refractivity contribution in [2.24, 2.45) is 0 Å². The molecule has 21 heavy (non-hydrogen) atoms. The summed E-state index contributed by atoms with van der Waals surface area (Å²) in [7, 11) is -2.21. The van der Waals surface area contributed by atoms with Crippen molar-refractivity contribution in [3.05, 3.63) is 45.3 Å². The van der Waals surface area contributed by atoms with Gasteiger partial charge in [0.1, 0.15) is 5.75 Å². The summed E-state index contributed by atoms with van der Waals surface area (Å²) in [5, 5.41) is 0. The van der Waals surface area contributed by atoms with Crippen LogP contribution < -0.4 is 15.2 Å². The molecule has 112 valence electrons. The number of hydrogen-bond donors (Lipinski definition) is 2. The lowest BCUT2D eigenvalue weighted by molar-refractivity contribution is 0.480. The summed E-state index contributed by atoms with van der Waals surface area (Å²) in [4.78, 5) is 0.0856. The Balaban J connectivity index is 2.42. The van der Waals surface area contributed by atoms with E-state index in [2.05, 4.69) is 36.6 Å². The molecule has 3 N–H and O–H groups in total. The quantitative estimate of drug-likeness (QED) is 0.720. The van der Waals surface area contributed by atoms with E-state index >= 15 is 0 Å². The highest BCUT2D eigenvalue weighted by atomic mass is 79.9. The predicted octanol–water partition coefficient (Wildman–Crippen LogP) is 3.49. The SMILES string of the molecule is CNS(=O)(=O)c1ccc(N)c(Oc2ccc(Br)cc2Br)c1. The van der Waals surface area contributed by atoms with Crippen LogP contribution in [0.2, 0.25) is 0 Å². The molecule has 2 rings (SSSR count). The molecule has 0 aliphatic rings. The van der Waals surface area contributed by atoms with Gasteiger partial charge in [0.15, 0.2) is 5.75 Å². The summed E-state index contributed by atoms with van der Waals surface area (Å²) < 4.78 is 33.2. The lowest BCUT2D eigenvalue weighted by atomic mass is 10.3. The van der Waals surface area contributed by atoms with Crippen molar-refractivity contribution < 1.29 is 13.2 Å². The van der Waals surface area contributed by atoms with Gasteiger partial charge in [0, 0.05) is 10.5 Å². The van der Waals surface area contributed by atoms with E-state index in [0.717, 1.165) is 8.95 Å². The molecule has 0 saturated carbocycles. The second kappa shape index (κ2) is 6.35. The van der Waals surface area contributed by atoms with Gasteiger partial charge < -0.3 is 10.5 Å². The van der Waals surface area contributed by atoms with Crippen molar-refractivity contribution in [3.63, 3.8) is 0 Å². The number of nitrogen functional groups attached to an aromatic ring is 1. The van der Waals surface area contributed by atoms with Gasteiger partial charge in [-0.05, 0) is 53.3 Å². The molecule has 2 aromatic carbocycles. The van der Waals surface area contributed by atoms with Crippen molar-refractivity contribution in [3.8, 4) is 11.5 Å². The third kappa shape index (κ3) is 3.76. The zero-order chi connectivity index (χ0) is 15.6. The molecule has 8 heteroatoms. The number of benzene rings is 2. The van der Waals surface area contributed by atoms with E-state index in [1.54, 1.807) is 6.07 Å². The van der Waals surface area contributed by atoms with Crippen LogP contribution in [-0.2, 0) is 10.0 Å². The molecule has 0 saturated heterocycles. The minimum atomic E-state index is -3.55. The molecule has 0 unspecified atom stereocenters. The molecule has 0 spiro atoms. The van der Waals surface area contributed by atoms with Gasteiger partial charge in [0.2, 0.25) is 10.0 Å². The van der Waals surface area contributed by atoms with E-state index in [4.69, 9.17) is 10.5 Å². The Morgan fingerprint density at radius 1 is 1.10 bits per heavy atom. The first-order chi connectivity index (χ1) is 9.83. The van der Waals surface area contributed by atoms with Crippen LogP contribution in [0.5, 0.6) is 11.5 Å². The summed E-state index contributed by atoms with van der Waals surface area (Å²) in [5.41, 5.74) is 6.18. The molecular formula is C13H12Br2N2O3S. The summed E-state index contributed by atoms with van der Waals surface area (Å²) in [5.74, 6) is 0.804. The molecule has 0 aliphatic heterocycles. The number of hydrogen-bond acceptors (Lipinski definition) is 4. The Bertz CT molecular complexity index is 779. The fourth-order valence-electron chi connectivity index (χ4n) is 1.56. The van der Waals surface area contributed by atoms with Gasteiger partial charge in [-0.2, -0.15) is 0 Å². The van der Waals surface area contributed by atoms with Gasteiger partial charge >= 0.3 is 0 Å². The molecular weight excluding hydrogens is 424 g/mol. The van der Waals surface area contributed by atoms with Crippen molar-refractivity contribution in [2.75, 3.05) is 12.8 Å². The zero-order valence-electron chi connectivity index (χ0n) is 10.9. The first-order valence-corrected chi connectivity index (χ1v) is 8.86. The number of nitrogens with two attached hydrogens (primary N) is 1. The lowest BCUT2D eigenvalue weighted by Gasteiger charge is -2.12. The fourth-order valence-corrected chi connectivity index (χ4v) is 3.44. The van der Waals surface area contributed by atoms with Gasteiger partial charge in [0.05, 0.1) is 15.1 Å². The average Bonchev–Trinajstić information content (AvgIpc) is 2.43. The van der Waals surface area contributed by atoms with Crippen LogP contribution in [0.25, 0.3) is 0 Å². The van der Waals surface area contributed by atoms with Crippen molar-refractivity contribution in [1.82, 2.24) is 4.72 Å². The number of anilines is 1. The van der Waals surface area contributed by atoms with E-state index in [1.165, 1.54) is 25.2 Å². The molecule has 0 fully saturated rings. The zero-order valence-corrected chi connectivity index (χ0v) is 14.9. The fraction of sp³-hybridized carbons (Fsp3) is 0.0769. The van der Waals surface area contributed by atoms with E-state index < -0.39 is 10.0 Å². The largest absolute Gasteiger partial charge is 0.454 e. The highest BCUT2D eigenvalue weighted by Crippen LogP contribution is 2.35. The number of nitrogens with one attached hydrogen (secondary N) is 1. The Morgan fingerprint density at radius 2 is 1.81 bits per heavy atom. The minimum Gasteiger partial charge on any atom is -0.454 e. The molecule has 2 aromatic rings. The van der Waals surface area contributed by atoms with Crippen molar-refractivity contribution in [1.29, 1.82) is 0 Å². The second-order valence-electron chi connectivity index (χ2n) is 4.08. The molecule has 0 amide bonds. The predicted molar refractivity (Wildman–Crippen MR) is 89.0 cm³/mol. The maximum atomic E-state index is 11.8. The highest BCUT2D eigenvalue weighted by Gasteiger charge is 2.15. The number of ether oxygens (including phenoxy) is 1. The molecule has 5 nitrogen and oxygen atoms in total. The van der Waals surface area contributed by atoms with Gasteiger partial charge in [-0.15, -0.1) is 0 Å². The summed E-state index contributed by atoms with van der Waals surface area (Å²) >= 11 is 6.72. The van der Waals surface area contributed by atoms with Gasteiger partial charge in [-0.25, -0.2) is 13.1 Å². The molecule has 0 aliphatic carbocycles. The topological polar surface area (TPSA) is 81.4 Å². The summed E-state index contributed by atoms with van der Waals surface area (Å²) in [6.07, 6.45) is 0. The summed E-state index contributed by atoms with van der Waals surface area (Å²) in [6.45, 7) is 0. The first kappa shape index (κ1) is 16.3. The van der Waals surface area contributed by atoms with Crippen molar-refractivity contribution >= 4 is 47.6 Å². The normalized spacial score (nSPS) is 11.4. The third-order valence-electron chi connectivity index (χ3n) is 2.68. The van der Waals surface area contributed by atoms with Gasteiger partial charge in [-0.3, -0.25) is 0 Å². The molecule has 0 atom stereocenters. The molecule has 0 heterocycles. The lowest BCUT2D eigenvalue weighted by Crippen LogP contribution is -2.18. The standard InChI is InChI=1S/C13H12Br2N2O3S/c1-17-21(18,19)9-3-4-11(16)13(7-9)20-12-5-2-8(14)6-10(12)15/h2-7,17H,16H2,1H3. The second-order valence-corrected chi connectivity index (χ2v) is 7.74. The minimum absolute atomic E-state index is 0.0856. The third-order valence-corrected chi connectivity index (χ3v) is 5.20. The Labute approximate surface area is 139 Å². The van der Waals surface area contributed by atoms with E-state index in [-0.39, 0.29) is 10.6 Å². The van der Waals surface area contributed by atoms with Gasteiger partial charge in [-0.1, -0.05) is 15.9 Å². The monoisotopic (exact) mass is 434 g/mol. The molecule has 0 aromatic heterocycles. The van der Waals surface area contributed by atoms with Crippen LogP contribution in [0.15, 0.2) is 50.2 Å². The Hall–Kier alpha value is -1.09. The number of sulfonamides is 1. The van der Waals surface area contributed by atoms with Crippen LogP contribution in [0.4, 0.5) is 5.69 Å². The van der Waals surface area contributed by atoms with Crippen LogP contribution in [0.1, 0.15) is 0 Å². The van der Waals surface area contributed by atoms with E-state index in [1.807, 2.05) is 12.1 Å². The van der Waals surface area contributed by atoms with Crippen LogP contribution in [0, 0.1) is 0 Å². The van der Waals surface area contributed by atoms with E-state index in [9.17, 15) is 8.42 Å². The molecule has 0 radical (unpaired) electrons. The van der Waals surface area contributed by atoms with Crippen LogP contribution >= 0.6 is 31.9 Å². The van der Waals surface area contributed by atoms with Crippen LogP contribution in [-0.4, -0.2) is 15.5 Å². The van der Waals surface area contributed by atoms with E-state index in [0.29, 0.717) is 11.4 Å². The van der Waals surface area contributed by atoms with Crippen LogP contribution in [0.3, 0.4) is 0 Å². The average molecular weight is 436 g/mol. The first-order valence-electron chi connectivity index (χ1n) is 5.79. The highest BCUT2D eigenvalue weighted by molar-refractivity contribution is 9.11. The number of rotatable bonds is 4. The maximum Gasteiger partial charge on any atom is 0.240 e. The Kier molecular flexibility index (Phi) is 4.92. The van der Waals surface area contributed by atoms with Gasteiger partial charge in [0.25, 0.3) is 0 Å². The Morgan fingerprint density at radius 3 is 2.43 bits per heavy atom. The smallest absolute Gasteiger partial charge is 0.240 e. The molecule has 0 bridgehead atoms. The number of halogens is 2. The maximum absolute atomic E-state index is 11.8. The van der Waals surface area contributed by atoms with Crippen molar-refractivity contribution in [2.45, 2.75) is 4.90 Å². The summed E-state index contributed by atoms with van der Waals surface area (Å²) in [6, 6.07) is 9.67.